The SMILES string of the molecule is Cc1nc(C2CCN(C(=O)Cc3[nH]nc4ccccc34)CC2)n[nH]1. The summed E-state index contributed by atoms with van der Waals surface area (Å²) in [7, 11) is 0. The zero-order chi connectivity index (χ0) is 16.5. The average Bonchev–Trinajstić information content (AvgIpc) is 3.22. The number of benzene rings is 1. The number of hydrogen-bond acceptors (Lipinski definition) is 4. The minimum absolute atomic E-state index is 0.147. The number of likely N-dealkylation sites (tertiary alicyclic amines) is 1. The van der Waals surface area contributed by atoms with Gasteiger partial charge in [0.05, 0.1) is 17.6 Å². The monoisotopic (exact) mass is 324 g/mol. The molecule has 0 aliphatic carbocycles. The number of H-pyrrole nitrogens is 2. The number of fused-ring (bicyclic) bond motifs is 1. The van der Waals surface area contributed by atoms with Gasteiger partial charge in [0.2, 0.25) is 5.91 Å². The van der Waals surface area contributed by atoms with Crippen LogP contribution in [0.5, 0.6) is 0 Å². The van der Waals surface area contributed by atoms with E-state index in [1.807, 2.05) is 36.1 Å². The van der Waals surface area contributed by atoms with E-state index in [0.717, 1.165) is 54.2 Å². The predicted octanol–water partition coefficient (Wildman–Crippen LogP) is 1.94. The number of amides is 1. The third-order valence-corrected chi connectivity index (χ3v) is 4.70. The van der Waals surface area contributed by atoms with Crippen molar-refractivity contribution in [1.29, 1.82) is 0 Å². The summed E-state index contributed by atoms with van der Waals surface area (Å²) in [5.74, 6) is 2.20. The highest BCUT2D eigenvalue weighted by molar-refractivity contribution is 5.87. The molecule has 124 valence electrons. The van der Waals surface area contributed by atoms with Crippen molar-refractivity contribution in [3.8, 4) is 0 Å². The number of aromatic nitrogens is 5. The maximum absolute atomic E-state index is 12.6. The van der Waals surface area contributed by atoms with Gasteiger partial charge in [-0.1, -0.05) is 18.2 Å². The molecule has 2 N–H and O–H groups in total. The first-order chi connectivity index (χ1) is 11.7. The zero-order valence-corrected chi connectivity index (χ0v) is 13.6. The molecule has 1 saturated heterocycles. The van der Waals surface area contributed by atoms with Gasteiger partial charge in [-0.25, -0.2) is 4.98 Å². The maximum Gasteiger partial charge on any atom is 0.228 e. The van der Waals surface area contributed by atoms with Crippen molar-refractivity contribution in [3.63, 3.8) is 0 Å². The standard InChI is InChI=1S/C17H20N6O/c1-11-18-17(22-19-11)12-6-8-23(9-7-12)16(24)10-15-13-4-2-3-5-14(13)20-21-15/h2-5,12H,6-10H2,1H3,(H,20,21)(H,18,19,22). The second-order valence-electron chi connectivity index (χ2n) is 6.33. The predicted molar refractivity (Wildman–Crippen MR) is 89.5 cm³/mol. The van der Waals surface area contributed by atoms with Crippen LogP contribution in [0.4, 0.5) is 0 Å². The number of para-hydroxylation sites is 1. The molecule has 0 radical (unpaired) electrons. The molecule has 1 fully saturated rings. The van der Waals surface area contributed by atoms with Crippen LogP contribution in [0.3, 0.4) is 0 Å². The van der Waals surface area contributed by atoms with Gasteiger partial charge in [-0.2, -0.15) is 10.2 Å². The number of carbonyl (C=O) groups excluding carboxylic acids is 1. The van der Waals surface area contributed by atoms with Crippen molar-refractivity contribution in [2.75, 3.05) is 13.1 Å². The van der Waals surface area contributed by atoms with Gasteiger partial charge in [0.25, 0.3) is 0 Å². The number of carbonyl (C=O) groups is 1. The van der Waals surface area contributed by atoms with Crippen LogP contribution in [0, 0.1) is 6.92 Å². The molecule has 1 amide bonds. The summed E-state index contributed by atoms with van der Waals surface area (Å²) in [6.07, 6.45) is 2.18. The molecule has 0 saturated carbocycles. The van der Waals surface area contributed by atoms with E-state index in [2.05, 4.69) is 25.4 Å². The van der Waals surface area contributed by atoms with Gasteiger partial charge in [0.15, 0.2) is 5.82 Å². The lowest BCUT2D eigenvalue weighted by atomic mass is 9.96. The molecule has 7 nitrogen and oxygen atoms in total. The Bertz CT molecular complexity index is 859. The van der Waals surface area contributed by atoms with Crippen LogP contribution in [0.15, 0.2) is 24.3 Å². The van der Waals surface area contributed by atoms with Gasteiger partial charge >= 0.3 is 0 Å². The van der Waals surface area contributed by atoms with E-state index in [1.54, 1.807) is 0 Å². The van der Waals surface area contributed by atoms with E-state index in [9.17, 15) is 4.79 Å². The maximum atomic E-state index is 12.6. The van der Waals surface area contributed by atoms with E-state index < -0.39 is 0 Å². The first-order valence-corrected chi connectivity index (χ1v) is 8.29. The van der Waals surface area contributed by atoms with Gasteiger partial charge in [0, 0.05) is 24.4 Å². The summed E-state index contributed by atoms with van der Waals surface area (Å²) >= 11 is 0. The van der Waals surface area contributed by atoms with Crippen molar-refractivity contribution in [2.24, 2.45) is 0 Å². The van der Waals surface area contributed by atoms with Gasteiger partial charge in [-0.05, 0) is 25.8 Å². The Morgan fingerprint density at radius 3 is 2.75 bits per heavy atom. The van der Waals surface area contributed by atoms with Crippen LogP contribution in [0.1, 0.15) is 36.1 Å². The number of nitrogens with zero attached hydrogens (tertiary/aromatic N) is 4. The third-order valence-electron chi connectivity index (χ3n) is 4.70. The highest BCUT2D eigenvalue weighted by Gasteiger charge is 2.26. The molecule has 0 atom stereocenters. The molecule has 3 aromatic rings. The molecule has 0 unspecified atom stereocenters. The van der Waals surface area contributed by atoms with Crippen molar-refractivity contribution < 1.29 is 4.79 Å². The fourth-order valence-corrected chi connectivity index (χ4v) is 3.34. The average molecular weight is 324 g/mol. The number of hydrogen-bond donors (Lipinski definition) is 2. The molecule has 4 rings (SSSR count). The molecule has 1 aliphatic rings. The molecule has 1 aromatic carbocycles. The second-order valence-corrected chi connectivity index (χ2v) is 6.33. The lowest BCUT2D eigenvalue weighted by Crippen LogP contribution is -2.39. The topological polar surface area (TPSA) is 90.6 Å². The van der Waals surface area contributed by atoms with E-state index in [-0.39, 0.29) is 5.91 Å². The molecule has 3 heterocycles. The molecule has 0 bridgehead atoms. The molecule has 0 spiro atoms. The van der Waals surface area contributed by atoms with E-state index in [0.29, 0.717) is 12.3 Å². The normalized spacial score (nSPS) is 16.0. The number of aromatic amines is 2. The van der Waals surface area contributed by atoms with E-state index in [4.69, 9.17) is 0 Å². The molecule has 2 aromatic heterocycles. The van der Waals surface area contributed by atoms with Crippen molar-refractivity contribution in [1.82, 2.24) is 30.3 Å². The first kappa shape index (κ1) is 14.9. The zero-order valence-electron chi connectivity index (χ0n) is 13.6. The molecular weight excluding hydrogens is 304 g/mol. The Labute approximate surface area is 139 Å². The van der Waals surface area contributed by atoms with Crippen molar-refractivity contribution in [3.05, 3.63) is 41.6 Å². The van der Waals surface area contributed by atoms with Crippen LogP contribution in [0.25, 0.3) is 10.9 Å². The van der Waals surface area contributed by atoms with Gasteiger partial charge in [-0.3, -0.25) is 15.0 Å². The summed E-state index contributed by atoms with van der Waals surface area (Å²) < 4.78 is 0. The van der Waals surface area contributed by atoms with Crippen molar-refractivity contribution in [2.45, 2.75) is 32.1 Å². The highest BCUT2D eigenvalue weighted by Crippen LogP contribution is 2.26. The highest BCUT2D eigenvalue weighted by atomic mass is 16.2. The summed E-state index contributed by atoms with van der Waals surface area (Å²) in [5, 5.41) is 15.4. The summed E-state index contributed by atoms with van der Waals surface area (Å²) in [4.78, 5) is 18.9. The fourth-order valence-electron chi connectivity index (χ4n) is 3.34. The van der Waals surface area contributed by atoms with Crippen LogP contribution < -0.4 is 0 Å². The molecule has 24 heavy (non-hydrogen) atoms. The van der Waals surface area contributed by atoms with Gasteiger partial charge < -0.3 is 4.90 Å². The molecule has 7 heteroatoms. The Kier molecular flexibility index (Phi) is 3.76. The van der Waals surface area contributed by atoms with Crippen LogP contribution in [-0.4, -0.2) is 49.3 Å². The second kappa shape index (κ2) is 6.07. The molecule has 1 aliphatic heterocycles. The summed E-state index contributed by atoms with van der Waals surface area (Å²) in [6, 6.07) is 7.87. The van der Waals surface area contributed by atoms with Crippen LogP contribution in [0.2, 0.25) is 0 Å². The van der Waals surface area contributed by atoms with Crippen LogP contribution >= 0.6 is 0 Å². The molecular formula is C17H20N6O. The summed E-state index contributed by atoms with van der Waals surface area (Å²) in [6.45, 7) is 3.41. The Morgan fingerprint density at radius 1 is 1.21 bits per heavy atom. The number of rotatable bonds is 3. The van der Waals surface area contributed by atoms with E-state index >= 15 is 0 Å². The van der Waals surface area contributed by atoms with Gasteiger partial charge in [-0.15, -0.1) is 0 Å². The summed E-state index contributed by atoms with van der Waals surface area (Å²) in [5.41, 5.74) is 1.79. The smallest absolute Gasteiger partial charge is 0.228 e. The van der Waals surface area contributed by atoms with Crippen molar-refractivity contribution >= 4 is 16.8 Å². The number of piperidine rings is 1. The van der Waals surface area contributed by atoms with Crippen LogP contribution in [-0.2, 0) is 11.2 Å². The Balaban J connectivity index is 1.39. The quantitative estimate of drug-likeness (QED) is 0.770. The minimum Gasteiger partial charge on any atom is -0.342 e. The Morgan fingerprint density at radius 2 is 2.00 bits per heavy atom. The first-order valence-electron chi connectivity index (χ1n) is 8.29. The number of aryl methyl sites for hydroxylation is 1. The van der Waals surface area contributed by atoms with Gasteiger partial charge in [0.1, 0.15) is 5.82 Å². The minimum atomic E-state index is 0.147. The lowest BCUT2D eigenvalue weighted by Gasteiger charge is -2.30. The fraction of sp³-hybridized carbons (Fsp3) is 0.412. The van der Waals surface area contributed by atoms with E-state index in [1.165, 1.54) is 0 Å². The Hall–Kier alpha value is -2.70. The third kappa shape index (κ3) is 2.77. The largest absolute Gasteiger partial charge is 0.342 e. The number of nitrogens with one attached hydrogen (secondary N) is 2. The lowest BCUT2D eigenvalue weighted by molar-refractivity contribution is -0.131.